The Morgan fingerprint density at radius 1 is 1.03 bits per heavy atom. The molecule has 2 aromatic carbocycles. The standard InChI is InChI=1S/C22H22Cl3N5O2S/c1-12(2)19(27-21(32)13-8-9-14(23)16(25)10-13)20-28-29-22(30(20)3)33-11-18(31)26-17-7-5-4-6-15(17)24/h4-10,12,19H,11H2,1-3H3,(H,26,31)(H,27,32)/t19-/m0/s1. The van der Waals surface area contributed by atoms with Gasteiger partial charge in [-0.1, -0.05) is 72.5 Å². The fourth-order valence-corrected chi connectivity index (χ4v) is 4.19. The van der Waals surface area contributed by atoms with Crippen LogP contribution in [0.2, 0.25) is 15.1 Å². The largest absolute Gasteiger partial charge is 0.342 e. The summed E-state index contributed by atoms with van der Waals surface area (Å²) in [4.78, 5) is 25.1. The van der Waals surface area contributed by atoms with Gasteiger partial charge in [-0.15, -0.1) is 10.2 Å². The van der Waals surface area contributed by atoms with Crippen molar-refractivity contribution in [1.82, 2.24) is 20.1 Å². The SMILES string of the molecule is CC(C)[C@H](NC(=O)c1ccc(Cl)c(Cl)c1)c1nnc(SCC(=O)Nc2ccccc2Cl)n1C. The van der Waals surface area contributed by atoms with Gasteiger partial charge in [0.2, 0.25) is 5.91 Å². The van der Waals surface area contributed by atoms with Crippen molar-refractivity contribution < 1.29 is 9.59 Å². The van der Waals surface area contributed by atoms with Crippen LogP contribution in [-0.4, -0.2) is 32.3 Å². The Morgan fingerprint density at radius 3 is 2.42 bits per heavy atom. The third-order valence-electron chi connectivity index (χ3n) is 4.76. The first-order chi connectivity index (χ1) is 15.7. The molecule has 7 nitrogen and oxygen atoms in total. The lowest BCUT2D eigenvalue weighted by Crippen LogP contribution is -2.33. The summed E-state index contributed by atoms with van der Waals surface area (Å²) in [6.45, 7) is 3.94. The van der Waals surface area contributed by atoms with E-state index in [4.69, 9.17) is 34.8 Å². The number of hydrogen-bond donors (Lipinski definition) is 2. The molecule has 1 atom stereocenters. The van der Waals surface area contributed by atoms with Gasteiger partial charge in [-0.25, -0.2) is 0 Å². The normalized spacial score (nSPS) is 12.0. The number of carbonyl (C=O) groups is 2. The molecule has 0 aliphatic heterocycles. The molecule has 0 radical (unpaired) electrons. The second-order valence-corrected chi connectivity index (χ2v) is 9.70. The van der Waals surface area contributed by atoms with E-state index in [2.05, 4.69) is 20.8 Å². The molecular formula is C22H22Cl3N5O2S. The maximum atomic E-state index is 12.8. The van der Waals surface area contributed by atoms with E-state index in [0.29, 0.717) is 37.3 Å². The molecule has 1 aromatic heterocycles. The van der Waals surface area contributed by atoms with Gasteiger partial charge in [0.25, 0.3) is 5.91 Å². The Balaban J connectivity index is 1.68. The first-order valence-electron chi connectivity index (χ1n) is 9.99. The van der Waals surface area contributed by atoms with E-state index in [0.717, 1.165) is 0 Å². The summed E-state index contributed by atoms with van der Waals surface area (Å²) in [6, 6.07) is 11.3. The number of para-hydroxylation sites is 1. The number of rotatable bonds is 8. The molecule has 11 heteroatoms. The van der Waals surface area contributed by atoms with Crippen LogP contribution < -0.4 is 10.6 Å². The Kier molecular flexibility index (Phi) is 8.64. The van der Waals surface area contributed by atoms with E-state index in [-0.39, 0.29) is 23.5 Å². The smallest absolute Gasteiger partial charge is 0.251 e. The Bertz CT molecular complexity index is 1170. The van der Waals surface area contributed by atoms with E-state index >= 15 is 0 Å². The Hall–Kier alpha value is -2.26. The molecule has 0 spiro atoms. The van der Waals surface area contributed by atoms with Crippen LogP contribution >= 0.6 is 46.6 Å². The molecule has 0 fully saturated rings. The van der Waals surface area contributed by atoms with Gasteiger partial charge in [-0.05, 0) is 36.2 Å². The third-order valence-corrected chi connectivity index (χ3v) is 6.85. The van der Waals surface area contributed by atoms with Crippen molar-refractivity contribution in [3.05, 3.63) is 68.9 Å². The van der Waals surface area contributed by atoms with Gasteiger partial charge in [-0.3, -0.25) is 9.59 Å². The minimum atomic E-state index is -0.407. The molecule has 0 aliphatic carbocycles. The maximum absolute atomic E-state index is 12.8. The zero-order valence-electron chi connectivity index (χ0n) is 18.1. The maximum Gasteiger partial charge on any atom is 0.251 e. The van der Waals surface area contributed by atoms with Gasteiger partial charge in [0.05, 0.1) is 32.5 Å². The predicted molar refractivity (Wildman–Crippen MR) is 133 cm³/mol. The molecule has 0 saturated heterocycles. The van der Waals surface area contributed by atoms with Crippen LogP contribution in [-0.2, 0) is 11.8 Å². The monoisotopic (exact) mass is 525 g/mol. The summed E-state index contributed by atoms with van der Waals surface area (Å²) in [5.74, 6) is 0.210. The Labute approximate surface area is 211 Å². The van der Waals surface area contributed by atoms with Crippen LogP contribution in [0.25, 0.3) is 0 Å². The van der Waals surface area contributed by atoms with E-state index in [1.807, 2.05) is 13.8 Å². The fraction of sp³-hybridized carbons (Fsp3) is 0.273. The van der Waals surface area contributed by atoms with Crippen molar-refractivity contribution >= 4 is 64.1 Å². The highest BCUT2D eigenvalue weighted by molar-refractivity contribution is 7.99. The predicted octanol–water partition coefficient (Wildman–Crippen LogP) is 5.63. The number of anilines is 1. The highest BCUT2D eigenvalue weighted by Gasteiger charge is 2.25. The number of thioether (sulfide) groups is 1. The molecule has 2 N–H and O–H groups in total. The molecule has 0 saturated carbocycles. The van der Waals surface area contributed by atoms with Gasteiger partial charge in [-0.2, -0.15) is 0 Å². The Morgan fingerprint density at radius 2 is 1.76 bits per heavy atom. The van der Waals surface area contributed by atoms with Gasteiger partial charge in [0.15, 0.2) is 11.0 Å². The molecule has 0 aliphatic rings. The summed E-state index contributed by atoms with van der Waals surface area (Å²) >= 11 is 19.3. The quantitative estimate of drug-likeness (QED) is 0.371. The van der Waals surface area contributed by atoms with Crippen molar-refractivity contribution in [3.63, 3.8) is 0 Å². The molecule has 0 bridgehead atoms. The zero-order valence-corrected chi connectivity index (χ0v) is 21.2. The first-order valence-corrected chi connectivity index (χ1v) is 12.1. The lowest BCUT2D eigenvalue weighted by molar-refractivity contribution is -0.113. The number of nitrogens with one attached hydrogen (secondary N) is 2. The van der Waals surface area contributed by atoms with E-state index < -0.39 is 6.04 Å². The summed E-state index contributed by atoms with van der Waals surface area (Å²) in [7, 11) is 1.80. The van der Waals surface area contributed by atoms with Crippen molar-refractivity contribution in [3.8, 4) is 0 Å². The van der Waals surface area contributed by atoms with E-state index in [1.54, 1.807) is 48.0 Å². The number of aromatic nitrogens is 3. The number of amides is 2. The molecular weight excluding hydrogens is 505 g/mol. The number of hydrogen-bond acceptors (Lipinski definition) is 5. The van der Waals surface area contributed by atoms with Gasteiger partial charge < -0.3 is 15.2 Å². The fourth-order valence-electron chi connectivity index (χ4n) is 2.99. The average molecular weight is 527 g/mol. The van der Waals surface area contributed by atoms with E-state index in [1.165, 1.54) is 17.8 Å². The van der Waals surface area contributed by atoms with Crippen molar-refractivity contribution in [2.24, 2.45) is 13.0 Å². The highest BCUT2D eigenvalue weighted by Crippen LogP contribution is 2.27. The molecule has 1 heterocycles. The minimum absolute atomic E-state index is 0.0287. The van der Waals surface area contributed by atoms with Crippen molar-refractivity contribution in [2.45, 2.75) is 25.0 Å². The summed E-state index contributed by atoms with van der Waals surface area (Å²) in [5.41, 5.74) is 0.941. The van der Waals surface area contributed by atoms with Crippen LogP contribution in [0.15, 0.2) is 47.6 Å². The number of nitrogens with zero attached hydrogens (tertiary/aromatic N) is 3. The minimum Gasteiger partial charge on any atom is -0.342 e. The molecule has 3 aromatic rings. The lowest BCUT2D eigenvalue weighted by atomic mass is 10.0. The lowest BCUT2D eigenvalue weighted by Gasteiger charge is -2.22. The summed E-state index contributed by atoms with van der Waals surface area (Å²) in [6.07, 6.45) is 0. The highest BCUT2D eigenvalue weighted by atomic mass is 35.5. The van der Waals surface area contributed by atoms with Crippen molar-refractivity contribution in [2.75, 3.05) is 11.1 Å². The summed E-state index contributed by atoms with van der Waals surface area (Å²) < 4.78 is 1.77. The topological polar surface area (TPSA) is 88.9 Å². The molecule has 33 heavy (non-hydrogen) atoms. The molecule has 3 rings (SSSR count). The van der Waals surface area contributed by atoms with Crippen LogP contribution in [0.3, 0.4) is 0 Å². The van der Waals surface area contributed by atoms with Gasteiger partial charge in [0.1, 0.15) is 0 Å². The van der Waals surface area contributed by atoms with Crippen LogP contribution in [0.4, 0.5) is 5.69 Å². The zero-order chi connectivity index (χ0) is 24.1. The van der Waals surface area contributed by atoms with Gasteiger partial charge >= 0.3 is 0 Å². The second-order valence-electron chi connectivity index (χ2n) is 7.54. The molecule has 174 valence electrons. The number of benzene rings is 2. The first kappa shape index (κ1) is 25.4. The molecule has 2 amide bonds. The van der Waals surface area contributed by atoms with Crippen molar-refractivity contribution in [1.29, 1.82) is 0 Å². The van der Waals surface area contributed by atoms with Crippen LogP contribution in [0.5, 0.6) is 0 Å². The average Bonchev–Trinajstić information content (AvgIpc) is 3.13. The van der Waals surface area contributed by atoms with Gasteiger partial charge in [0, 0.05) is 12.6 Å². The second kappa shape index (κ2) is 11.2. The third kappa shape index (κ3) is 6.41. The molecule has 0 unspecified atom stereocenters. The van der Waals surface area contributed by atoms with Crippen LogP contribution in [0, 0.1) is 5.92 Å². The number of carbonyl (C=O) groups excluding carboxylic acids is 2. The number of halogens is 3. The van der Waals surface area contributed by atoms with Crippen LogP contribution in [0.1, 0.15) is 36.1 Å². The summed E-state index contributed by atoms with van der Waals surface area (Å²) in [5, 5.41) is 15.9. The van der Waals surface area contributed by atoms with E-state index in [9.17, 15) is 9.59 Å².